The van der Waals surface area contributed by atoms with Crippen molar-refractivity contribution in [2.45, 2.75) is 25.3 Å². The second-order valence-electron chi connectivity index (χ2n) is 7.62. The third kappa shape index (κ3) is 3.43. The molecule has 0 N–H and O–H groups in total. The van der Waals surface area contributed by atoms with Crippen molar-refractivity contribution in [1.29, 1.82) is 0 Å². The first-order valence-electron chi connectivity index (χ1n) is 10.5. The maximum Gasteiger partial charge on any atom is 0.338 e. The summed E-state index contributed by atoms with van der Waals surface area (Å²) in [4.78, 5) is 43.5. The highest BCUT2D eigenvalue weighted by Crippen LogP contribution is 2.39. The summed E-state index contributed by atoms with van der Waals surface area (Å²) in [6, 6.07) is 24.2. The Bertz CT molecular complexity index is 1130. The minimum Gasteiger partial charge on any atom is -0.497 e. The Morgan fingerprint density at radius 2 is 1.38 bits per heavy atom. The van der Waals surface area contributed by atoms with Crippen molar-refractivity contribution < 1.29 is 19.1 Å². The average molecular weight is 428 g/mol. The lowest BCUT2D eigenvalue weighted by Crippen LogP contribution is -2.67. The van der Waals surface area contributed by atoms with E-state index in [9.17, 15) is 14.4 Å². The second-order valence-corrected chi connectivity index (χ2v) is 7.62. The Hall–Kier alpha value is -3.93. The summed E-state index contributed by atoms with van der Waals surface area (Å²) < 4.78 is 5.20. The lowest BCUT2D eigenvalue weighted by molar-refractivity contribution is -0.144. The highest BCUT2D eigenvalue weighted by atomic mass is 16.5. The molecule has 0 bridgehead atoms. The van der Waals surface area contributed by atoms with Crippen molar-refractivity contribution in [3.63, 3.8) is 0 Å². The van der Waals surface area contributed by atoms with Gasteiger partial charge in [0.25, 0.3) is 11.8 Å². The Labute approximate surface area is 187 Å². The molecule has 0 radical (unpaired) electrons. The molecule has 0 saturated carbocycles. The van der Waals surface area contributed by atoms with Crippen LogP contribution in [0.2, 0.25) is 0 Å². The molecule has 1 saturated heterocycles. The Kier molecular flexibility index (Phi) is 5.77. The summed E-state index contributed by atoms with van der Waals surface area (Å²) in [6.07, 6.45) is 0.227. The SMILES string of the molecule is CCC1(c2ccccc2)C(=O)N(Cc2ccc(OC)cc2)C(=O)N(c2ccccc2)C1=O. The molecule has 4 rings (SSSR count). The van der Waals surface area contributed by atoms with Gasteiger partial charge in [0.1, 0.15) is 5.75 Å². The van der Waals surface area contributed by atoms with Gasteiger partial charge < -0.3 is 4.74 Å². The summed E-state index contributed by atoms with van der Waals surface area (Å²) in [5, 5.41) is 0. The molecule has 3 aromatic rings. The number of anilines is 1. The van der Waals surface area contributed by atoms with Gasteiger partial charge in [-0.15, -0.1) is 0 Å². The van der Waals surface area contributed by atoms with Crippen LogP contribution in [0.4, 0.5) is 10.5 Å². The zero-order chi connectivity index (χ0) is 22.7. The molecule has 3 aromatic carbocycles. The van der Waals surface area contributed by atoms with Crippen molar-refractivity contribution in [2.75, 3.05) is 12.0 Å². The van der Waals surface area contributed by atoms with Crippen LogP contribution in [-0.2, 0) is 21.5 Å². The van der Waals surface area contributed by atoms with E-state index in [1.165, 1.54) is 4.90 Å². The van der Waals surface area contributed by atoms with Crippen LogP contribution in [0.3, 0.4) is 0 Å². The van der Waals surface area contributed by atoms with Crippen molar-refractivity contribution in [1.82, 2.24) is 4.90 Å². The number of para-hydroxylation sites is 1. The van der Waals surface area contributed by atoms with Gasteiger partial charge in [-0.25, -0.2) is 9.69 Å². The molecule has 0 aliphatic carbocycles. The molecule has 4 amide bonds. The third-order valence-electron chi connectivity index (χ3n) is 5.91. The molecule has 1 heterocycles. The van der Waals surface area contributed by atoms with Gasteiger partial charge >= 0.3 is 6.03 Å². The number of carbonyl (C=O) groups excluding carboxylic acids is 3. The van der Waals surface area contributed by atoms with Gasteiger partial charge in [-0.1, -0.05) is 67.6 Å². The van der Waals surface area contributed by atoms with Gasteiger partial charge in [0, 0.05) is 0 Å². The molecule has 0 aromatic heterocycles. The molecule has 1 unspecified atom stereocenters. The maximum atomic E-state index is 13.8. The number of nitrogens with zero attached hydrogens (tertiary/aromatic N) is 2. The molecule has 6 nitrogen and oxygen atoms in total. The Morgan fingerprint density at radius 3 is 1.94 bits per heavy atom. The Morgan fingerprint density at radius 1 is 0.781 bits per heavy atom. The van der Waals surface area contributed by atoms with Crippen LogP contribution in [0.15, 0.2) is 84.9 Å². The highest BCUT2D eigenvalue weighted by Gasteiger charge is 2.57. The molecule has 162 valence electrons. The molecule has 1 atom stereocenters. The van der Waals surface area contributed by atoms with Crippen LogP contribution >= 0.6 is 0 Å². The molecule has 32 heavy (non-hydrogen) atoms. The number of hydrogen-bond donors (Lipinski definition) is 0. The second kappa shape index (κ2) is 8.67. The number of imide groups is 2. The number of barbiturate groups is 1. The zero-order valence-electron chi connectivity index (χ0n) is 18.0. The number of amides is 4. The summed E-state index contributed by atoms with van der Waals surface area (Å²) in [5.41, 5.74) is 0.277. The van der Waals surface area contributed by atoms with E-state index in [1.807, 2.05) is 12.1 Å². The van der Waals surface area contributed by atoms with Crippen molar-refractivity contribution >= 4 is 23.5 Å². The third-order valence-corrected chi connectivity index (χ3v) is 5.91. The first-order chi connectivity index (χ1) is 15.5. The molecule has 1 fully saturated rings. The normalized spacial score (nSPS) is 18.8. The van der Waals surface area contributed by atoms with Gasteiger partial charge in [0.15, 0.2) is 5.41 Å². The number of methoxy groups -OCH3 is 1. The van der Waals surface area contributed by atoms with Crippen molar-refractivity contribution in [3.8, 4) is 5.75 Å². The number of urea groups is 1. The van der Waals surface area contributed by atoms with E-state index in [-0.39, 0.29) is 13.0 Å². The standard InChI is InChI=1S/C26H24N2O4/c1-3-26(20-10-6-4-7-11-20)23(29)27(18-19-14-16-22(32-2)17-15-19)25(31)28(24(26)30)21-12-8-5-9-13-21/h4-17H,3,18H2,1-2H3. The van der Waals surface area contributed by atoms with Crippen LogP contribution in [0, 0.1) is 0 Å². The predicted molar refractivity (Wildman–Crippen MR) is 121 cm³/mol. The lowest BCUT2D eigenvalue weighted by atomic mass is 9.74. The quantitative estimate of drug-likeness (QED) is 0.541. The van der Waals surface area contributed by atoms with Crippen LogP contribution < -0.4 is 9.64 Å². The van der Waals surface area contributed by atoms with Gasteiger partial charge in [-0.05, 0) is 41.8 Å². The smallest absolute Gasteiger partial charge is 0.338 e. The van der Waals surface area contributed by atoms with Gasteiger partial charge in [-0.2, -0.15) is 0 Å². The number of hydrogen-bond acceptors (Lipinski definition) is 4. The predicted octanol–water partition coefficient (Wildman–Crippen LogP) is 4.54. The van der Waals surface area contributed by atoms with E-state index in [0.717, 1.165) is 10.5 Å². The van der Waals surface area contributed by atoms with E-state index in [2.05, 4.69) is 0 Å². The fraction of sp³-hybridized carbons (Fsp3) is 0.192. The highest BCUT2D eigenvalue weighted by molar-refractivity contribution is 6.32. The number of benzene rings is 3. The fourth-order valence-corrected chi connectivity index (χ4v) is 4.14. The number of ether oxygens (including phenoxy) is 1. The Balaban J connectivity index is 1.84. The van der Waals surface area contributed by atoms with Gasteiger partial charge in [0.2, 0.25) is 0 Å². The number of carbonyl (C=O) groups is 3. The summed E-state index contributed by atoms with van der Waals surface area (Å²) in [7, 11) is 1.57. The van der Waals surface area contributed by atoms with Gasteiger partial charge in [0.05, 0.1) is 19.3 Å². The van der Waals surface area contributed by atoms with Crippen LogP contribution in [0.1, 0.15) is 24.5 Å². The summed E-state index contributed by atoms with van der Waals surface area (Å²) in [6.45, 7) is 1.85. The van der Waals surface area contributed by atoms with Crippen LogP contribution in [-0.4, -0.2) is 29.9 Å². The van der Waals surface area contributed by atoms with E-state index >= 15 is 0 Å². The lowest BCUT2D eigenvalue weighted by Gasteiger charge is -2.44. The van der Waals surface area contributed by atoms with Crippen LogP contribution in [0.5, 0.6) is 5.75 Å². The molecule has 6 heteroatoms. The minimum atomic E-state index is -1.49. The molecular weight excluding hydrogens is 404 g/mol. The molecule has 1 aliphatic rings. The minimum absolute atomic E-state index is 0.0485. The summed E-state index contributed by atoms with van der Waals surface area (Å²) in [5.74, 6) is -0.360. The van der Waals surface area contributed by atoms with E-state index < -0.39 is 23.3 Å². The summed E-state index contributed by atoms with van der Waals surface area (Å²) >= 11 is 0. The topological polar surface area (TPSA) is 66.9 Å². The van der Waals surface area contributed by atoms with Gasteiger partial charge in [-0.3, -0.25) is 14.5 Å². The number of rotatable bonds is 6. The molecular formula is C26H24N2O4. The van der Waals surface area contributed by atoms with Crippen molar-refractivity contribution in [2.24, 2.45) is 0 Å². The largest absolute Gasteiger partial charge is 0.497 e. The molecule has 1 aliphatic heterocycles. The first kappa shape index (κ1) is 21.3. The van der Waals surface area contributed by atoms with E-state index in [4.69, 9.17) is 4.74 Å². The van der Waals surface area contributed by atoms with Crippen LogP contribution in [0.25, 0.3) is 0 Å². The first-order valence-corrected chi connectivity index (χ1v) is 10.5. The van der Waals surface area contributed by atoms with Crippen molar-refractivity contribution in [3.05, 3.63) is 96.1 Å². The molecule has 0 spiro atoms. The monoisotopic (exact) mass is 428 g/mol. The van der Waals surface area contributed by atoms with E-state index in [0.29, 0.717) is 17.0 Å². The zero-order valence-corrected chi connectivity index (χ0v) is 18.0. The average Bonchev–Trinajstić information content (AvgIpc) is 2.84. The fourth-order valence-electron chi connectivity index (χ4n) is 4.14. The maximum absolute atomic E-state index is 13.8. The van der Waals surface area contributed by atoms with E-state index in [1.54, 1.807) is 86.8 Å².